The number of nitrogens with zero attached hydrogens (tertiary/aromatic N) is 1. The van der Waals surface area contributed by atoms with E-state index in [1.54, 1.807) is 25.7 Å². The highest BCUT2D eigenvalue weighted by molar-refractivity contribution is 5.71. The summed E-state index contributed by atoms with van der Waals surface area (Å²) in [6.07, 6.45) is -7.14. The Hall–Kier alpha value is -3.14. The molecule has 10 heteroatoms. The molecule has 1 aliphatic heterocycles. The number of benzene rings is 2. The average Bonchev–Trinajstić information content (AvgIpc) is 2.81. The minimum Gasteiger partial charge on any atom is -0.496 e. The number of rotatable bonds is 6. The fourth-order valence-corrected chi connectivity index (χ4v) is 4.49. The summed E-state index contributed by atoms with van der Waals surface area (Å²) in [5.74, 6) is 0.258. The summed E-state index contributed by atoms with van der Waals surface area (Å²) in [4.78, 5) is 14.7. The molecule has 2 atom stereocenters. The van der Waals surface area contributed by atoms with Crippen LogP contribution in [0.5, 0.6) is 5.75 Å². The maximum absolute atomic E-state index is 13.3. The highest BCUT2D eigenvalue weighted by Crippen LogP contribution is 2.39. The van der Waals surface area contributed by atoms with Crippen LogP contribution in [-0.2, 0) is 11.3 Å². The zero-order valence-corrected chi connectivity index (χ0v) is 21.2. The van der Waals surface area contributed by atoms with Crippen LogP contribution in [0, 0.1) is 0 Å². The molecule has 1 N–H and O–H groups in total. The van der Waals surface area contributed by atoms with Crippen molar-refractivity contribution in [3.05, 3.63) is 71.3 Å². The number of carbonyl (C=O) groups excluding carboxylic acids is 1. The van der Waals surface area contributed by atoms with Crippen molar-refractivity contribution in [1.29, 1.82) is 0 Å². The zero-order chi connectivity index (χ0) is 27.4. The number of halogens is 5. The molecule has 1 heterocycles. The fourth-order valence-electron chi connectivity index (χ4n) is 4.49. The van der Waals surface area contributed by atoms with Crippen LogP contribution in [-0.4, -0.2) is 42.5 Å². The van der Waals surface area contributed by atoms with Gasteiger partial charge < -0.3 is 14.8 Å². The first-order valence-electron chi connectivity index (χ1n) is 11.9. The van der Waals surface area contributed by atoms with Gasteiger partial charge in [-0.25, -0.2) is 4.79 Å². The highest BCUT2D eigenvalue weighted by Gasteiger charge is 2.40. The lowest BCUT2D eigenvalue weighted by atomic mass is 9.90. The van der Waals surface area contributed by atoms with Gasteiger partial charge in [-0.05, 0) is 56.9 Å². The van der Waals surface area contributed by atoms with Crippen LogP contribution in [0.2, 0.25) is 0 Å². The van der Waals surface area contributed by atoms with Crippen molar-refractivity contribution in [3.63, 3.8) is 0 Å². The van der Waals surface area contributed by atoms with Gasteiger partial charge in [-0.15, -0.1) is 0 Å². The van der Waals surface area contributed by atoms with Gasteiger partial charge in [-0.2, -0.15) is 22.0 Å². The molecule has 1 fully saturated rings. The molecule has 3 rings (SSSR count). The number of hydrogen-bond acceptors (Lipinski definition) is 4. The number of methoxy groups -OCH3 is 1. The molecule has 1 aliphatic rings. The fraction of sp³-hybridized carbons (Fsp3) is 0.444. The first kappa shape index (κ1) is 28.4. The summed E-state index contributed by atoms with van der Waals surface area (Å²) < 4.78 is 77.2. The van der Waals surface area contributed by atoms with Gasteiger partial charge >= 0.3 is 12.3 Å². The van der Waals surface area contributed by atoms with E-state index in [4.69, 9.17) is 9.47 Å². The Morgan fingerprint density at radius 3 is 2.32 bits per heavy atom. The maximum atomic E-state index is 13.3. The van der Waals surface area contributed by atoms with Crippen molar-refractivity contribution in [1.82, 2.24) is 10.2 Å². The van der Waals surface area contributed by atoms with E-state index in [0.717, 1.165) is 17.7 Å². The van der Waals surface area contributed by atoms with Crippen LogP contribution in [0.25, 0.3) is 5.57 Å². The lowest BCUT2D eigenvalue weighted by Gasteiger charge is -2.42. The second-order valence-corrected chi connectivity index (χ2v) is 9.82. The van der Waals surface area contributed by atoms with E-state index in [0.29, 0.717) is 19.4 Å². The van der Waals surface area contributed by atoms with E-state index < -0.39 is 41.1 Å². The number of carbonyl (C=O) groups is 1. The number of hydrogen-bond donors (Lipinski definition) is 1. The SMILES string of the molecule is COc1ccc(C(=C(F)F)C(F)(F)F)cc1CN[C@H]1CCCN(C(=O)OC(C)(C)C)[C@H]1c1ccccc1. The molecular formula is C27H31F5N2O3. The number of nitrogens with one attached hydrogen (secondary N) is 1. The summed E-state index contributed by atoms with van der Waals surface area (Å²) in [6.45, 7) is 5.86. The molecule has 2 aromatic rings. The number of piperidine rings is 1. The molecule has 5 nitrogen and oxygen atoms in total. The Balaban J connectivity index is 1.92. The van der Waals surface area contributed by atoms with Crippen molar-refractivity contribution < 1.29 is 36.2 Å². The van der Waals surface area contributed by atoms with Crippen LogP contribution in [0.4, 0.5) is 26.7 Å². The Labute approximate surface area is 213 Å². The van der Waals surface area contributed by atoms with Crippen molar-refractivity contribution >= 4 is 11.7 Å². The maximum Gasteiger partial charge on any atom is 0.422 e. The van der Waals surface area contributed by atoms with Crippen molar-refractivity contribution in [3.8, 4) is 5.75 Å². The van der Waals surface area contributed by atoms with Crippen LogP contribution < -0.4 is 10.1 Å². The van der Waals surface area contributed by atoms with E-state index in [-0.39, 0.29) is 23.9 Å². The second kappa shape index (κ2) is 11.5. The first-order chi connectivity index (χ1) is 17.3. The molecule has 0 spiro atoms. The van der Waals surface area contributed by atoms with Gasteiger partial charge in [0.05, 0.1) is 13.2 Å². The topological polar surface area (TPSA) is 50.8 Å². The minimum absolute atomic E-state index is 0.0339. The van der Waals surface area contributed by atoms with Crippen molar-refractivity contribution in [2.75, 3.05) is 13.7 Å². The largest absolute Gasteiger partial charge is 0.496 e. The van der Waals surface area contributed by atoms with Crippen LogP contribution in [0.3, 0.4) is 0 Å². The first-order valence-corrected chi connectivity index (χ1v) is 11.9. The summed E-state index contributed by atoms with van der Waals surface area (Å²) in [7, 11) is 1.35. The van der Waals surface area contributed by atoms with E-state index in [9.17, 15) is 26.7 Å². The molecule has 2 aromatic carbocycles. The summed E-state index contributed by atoms with van der Waals surface area (Å²) in [5.41, 5.74) is -2.17. The van der Waals surface area contributed by atoms with Gasteiger partial charge in [0.1, 0.15) is 16.9 Å². The predicted octanol–water partition coefficient (Wildman–Crippen LogP) is 7.10. The number of alkyl halides is 3. The third-order valence-corrected chi connectivity index (χ3v) is 6.00. The van der Waals surface area contributed by atoms with Crippen molar-refractivity contribution in [2.45, 2.75) is 64.0 Å². The molecule has 0 saturated carbocycles. The van der Waals surface area contributed by atoms with Crippen LogP contribution >= 0.6 is 0 Å². The van der Waals surface area contributed by atoms with Crippen molar-refractivity contribution in [2.24, 2.45) is 0 Å². The normalized spacial score (nSPS) is 18.4. The Morgan fingerprint density at radius 1 is 1.08 bits per heavy atom. The van der Waals surface area contributed by atoms with Gasteiger partial charge in [-0.3, -0.25) is 4.90 Å². The van der Waals surface area contributed by atoms with E-state index in [1.165, 1.54) is 13.2 Å². The van der Waals surface area contributed by atoms with Gasteiger partial charge in [0.25, 0.3) is 6.08 Å². The molecule has 0 radical (unpaired) electrons. The standard InChI is InChI=1S/C27H31F5N2O3/c1-26(2,3)37-25(35)34-14-8-11-20(23(34)17-9-6-5-7-10-17)33-16-19-15-18(12-13-21(19)36-4)22(24(28)29)27(30,31)32/h5-7,9-10,12-13,15,20,23,33H,8,11,14,16H2,1-4H3/t20-,23-/m0/s1. The Bertz CT molecular complexity index is 1110. The molecule has 37 heavy (non-hydrogen) atoms. The quantitative estimate of drug-likeness (QED) is 0.408. The summed E-state index contributed by atoms with van der Waals surface area (Å²) in [5, 5.41) is 3.33. The monoisotopic (exact) mass is 526 g/mol. The van der Waals surface area contributed by atoms with Crippen LogP contribution in [0.1, 0.15) is 56.3 Å². The molecule has 1 saturated heterocycles. The van der Waals surface area contributed by atoms with Gasteiger partial charge in [0.2, 0.25) is 0 Å². The van der Waals surface area contributed by atoms with E-state index in [1.807, 2.05) is 30.3 Å². The van der Waals surface area contributed by atoms with Gasteiger partial charge in [0, 0.05) is 24.7 Å². The molecule has 1 amide bonds. The zero-order valence-electron chi connectivity index (χ0n) is 21.2. The molecule has 202 valence electrons. The summed E-state index contributed by atoms with van der Waals surface area (Å²) >= 11 is 0. The van der Waals surface area contributed by atoms with Gasteiger partial charge in [-0.1, -0.05) is 36.4 Å². The lowest BCUT2D eigenvalue weighted by molar-refractivity contribution is -0.0711. The predicted molar refractivity (Wildman–Crippen MR) is 130 cm³/mol. The van der Waals surface area contributed by atoms with Gasteiger partial charge in [0.15, 0.2) is 0 Å². The molecule has 0 unspecified atom stereocenters. The third-order valence-electron chi connectivity index (χ3n) is 6.00. The number of allylic oxidation sites excluding steroid dienone is 1. The number of amides is 1. The van der Waals surface area contributed by atoms with E-state index >= 15 is 0 Å². The highest BCUT2D eigenvalue weighted by atomic mass is 19.4. The number of likely N-dealkylation sites (tertiary alicyclic amines) is 1. The third kappa shape index (κ3) is 7.21. The summed E-state index contributed by atoms with van der Waals surface area (Å²) in [6, 6.07) is 11.9. The smallest absolute Gasteiger partial charge is 0.422 e. The molecule has 0 bridgehead atoms. The second-order valence-electron chi connectivity index (χ2n) is 9.82. The van der Waals surface area contributed by atoms with E-state index in [2.05, 4.69) is 5.32 Å². The molecular weight excluding hydrogens is 495 g/mol. The lowest BCUT2D eigenvalue weighted by Crippen LogP contribution is -2.51. The Morgan fingerprint density at radius 2 is 1.76 bits per heavy atom. The number of ether oxygens (including phenoxy) is 2. The Kier molecular flexibility index (Phi) is 8.84. The average molecular weight is 527 g/mol. The van der Waals surface area contributed by atoms with Crippen LogP contribution in [0.15, 0.2) is 54.6 Å². The molecule has 0 aliphatic carbocycles. The minimum atomic E-state index is -5.21. The molecule has 0 aromatic heterocycles.